The van der Waals surface area contributed by atoms with Crippen LogP contribution in [0.1, 0.15) is 6.42 Å². The van der Waals surface area contributed by atoms with Gasteiger partial charge in [0, 0.05) is 5.92 Å². The van der Waals surface area contributed by atoms with Gasteiger partial charge in [0.05, 0.1) is 8.07 Å². The van der Waals surface area contributed by atoms with Crippen LogP contribution in [0.25, 0.3) is 0 Å². The highest BCUT2D eigenvalue weighted by molar-refractivity contribution is 7.86. The summed E-state index contributed by atoms with van der Waals surface area (Å²) in [4.78, 5) is 0. The van der Waals surface area contributed by atoms with Crippen LogP contribution in [0.3, 0.4) is 0 Å². The highest BCUT2D eigenvalue weighted by Crippen LogP contribution is 2.44. The van der Waals surface area contributed by atoms with Gasteiger partial charge in [-0.15, -0.1) is 0 Å². The molecule has 1 aromatic rings. The quantitative estimate of drug-likeness (QED) is 0.200. The Bertz CT molecular complexity index is 812. The number of fused-ring (bicyclic) bond motifs is 2. The minimum Gasteiger partial charge on any atom is -0.741 e. The van der Waals surface area contributed by atoms with Crippen LogP contribution in [0.5, 0.6) is 0 Å². The smallest absolute Gasteiger partial charge is 0.485 e. The second kappa shape index (κ2) is 7.76. The molecular formula is C17H20F3IO3SSi. The Hall–Kier alpha value is -0.653. The minimum absolute atomic E-state index is 0.0640. The molecule has 0 N–H and O–H groups in total. The Morgan fingerprint density at radius 2 is 1.58 bits per heavy atom. The van der Waals surface area contributed by atoms with Crippen molar-refractivity contribution in [3.05, 3.63) is 54.8 Å². The maximum absolute atomic E-state index is 10.7. The zero-order valence-electron chi connectivity index (χ0n) is 14.5. The number of benzene rings is 1. The molecule has 9 heteroatoms. The van der Waals surface area contributed by atoms with Crippen LogP contribution in [-0.2, 0) is 10.1 Å². The maximum atomic E-state index is 10.7. The van der Waals surface area contributed by atoms with Crippen LogP contribution in [0.2, 0.25) is 19.6 Å². The topological polar surface area (TPSA) is 57.2 Å². The number of hydrogen-bond acceptors (Lipinski definition) is 3. The third kappa shape index (κ3) is 5.20. The summed E-state index contributed by atoms with van der Waals surface area (Å²) in [6.45, 7) is 7.56. The first-order valence-corrected chi connectivity index (χ1v) is 15.0. The molecule has 0 saturated heterocycles. The molecule has 0 amide bonds. The monoisotopic (exact) mass is 516 g/mol. The van der Waals surface area contributed by atoms with Gasteiger partial charge in [0.15, 0.2) is 17.3 Å². The van der Waals surface area contributed by atoms with E-state index in [1.54, 1.807) is 3.57 Å². The first kappa shape index (κ1) is 21.6. The summed E-state index contributed by atoms with van der Waals surface area (Å²) < 4.78 is 62.4. The Morgan fingerprint density at radius 3 is 2.04 bits per heavy atom. The van der Waals surface area contributed by atoms with Gasteiger partial charge in [-0.05, 0) is 29.7 Å². The van der Waals surface area contributed by atoms with Crippen LogP contribution < -0.4 is 21.2 Å². The van der Waals surface area contributed by atoms with Gasteiger partial charge in [-0.2, -0.15) is 13.2 Å². The van der Waals surface area contributed by atoms with E-state index in [9.17, 15) is 13.2 Å². The normalized spacial score (nSPS) is 22.4. The predicted molar refractivity (Wildman–Crippen MR) is 92.0 cm³/mol. The van der Waals surface area contributed by atoms with E-state index in [2.05, 4.69) is 62.1 Å². The average molecular weight is 516 g/mol. The Labute approximate surface area is 163 Å². The van der Waals surface area contributed by atoms with Gasteiger partial charge >= 0.3 is 26.7 Å². The highest BCUT2D eigenvalue weighted by atomic mass is 127. The fraction of sp³-hybridized carbons (Fsp3) is 0.412. The molecule has 0 heterocycles. The van der Waals surface area contributed by atoms with E-state index in [-0.39, 0.29) is 21.2 Å². The number of hydrogen-bond donors (Lipinski definition) is 0. The molecule has 0 radical (unpaired) electrons. The van der Waals surface area contributed by atoms with Crippen LogP contribution in [0, 0.1) is 15.4 Å². The van der Waals surface area contributed by atoms with Crippen molar-refractivity contribution in [2.75, 3.05) is 0 Å². The molecule has 0 spiro atoms. The maximum Gasteiger partial charge on any atom is 0.485 e. The molecular weight excluding hydrogens is 496 g/mol. The Morgan fingerprint density at radius 1 is 1.08 bits per heavy atom. The fourth-order valence-corrected chi connectivity index (χ4v) is 11.1. The molecule has 26 heavy (non-hydrogen) atoms. The number of halogens is 4. The summed E-state index contributed by atoms with van der Waals surface area (Å²) in [7, 11) is -7.23. The molecule has 2 aliphatic rings. The minimum atomic E-state index is -6.09. The molecule has 0 saturated carbocycles. The van der Waals surface area contributed by atoms with Crippen molar-refractivity contribution in [2.45, 2.75) is 31.6 Å². The van der Waals surface area contributed by atoms with E-state index in [0.29, 0.717) is 0 Å². The van der Waals surface area contributed by atoms with Crippen molar-refractivity contribution < 1.29 is 47.3 Å². The number of alkyl halides is 3. The second-order valence-corrected chi connectivity index (χ2v) is 16.5. The van der Waals surface area contributed by atoms with E-state index < -0.39 is 23.7 Å². The molecule has 3 rings (SSSR count). The van der Waals surface area contributed by atoms with Crippen molar-refractivity contribution >= 4 is 18.2 Å². The standard InChI is InChI=1S/C16H20ISi.CHF3O3S/c1-18(2,3)16-13-10-9-12(11-13)15(16)17-14-7-5-4-6-8-14;2-1(3,4)8(5,6)7/h4-10,12-13H,11H2,1-3H3;(H,5,6,7)/q+1;/p-1/t12-,13+;/m1./s1. The highest BCUT2D eigenvalue weighted by Gasteiger charge is 2.47. The van der Waals surface area contributed by atoms with Gasteiger partial charge in [-0.3, -0.25) is 0 Å². The second-order valence-electron chi connectivity index (χ2n) is 7.14. The molecule has 2 atom stereocenters. The lowest BCUT2D eigenvalue weighted by Crippen LogP contribution is -3.61. The lowest BCUT2D eigenvalue weighted by atomic mass is 10.2. The van der Waals surface area contributed by atoms with Gasteiger partial charge in [-0.1, -0.05) is 50.0 Å². The summed E-state index contributed by atoms with van der Waals surface area (Å²) in [5.74, 6) is 1.60. The van der Waals surface area contributed by atoms with Gasteiger partial charge in [0.2, 0.25) is 0 Å². The molecule has 0 fully saturated rings. The lowest BCUT2D eigenvalue weighted by Gasteiger charge is -2.22. The molecule has 0 unspecified atom stereocenters. The zero-order valence-corrected chi connectivity index (χ0v) is 18.5. The Kier molecular flexibility index (Phi) is 6.46. The average Bonchev–Trinajstić information content (AvgIpc) is 3.07. The van der Waals surface area contributed by atoms with Gasteiger partial charge in [0.1, 0.15) is 0 Å². The lowest BCUT2D eigenvalue weighted by molar-refractivity contribution is -0.581. The van der Waals surface area contributed by atoms with Crippen LogP contribution in [-0.4, -0.2) is 26.6 Å². The van der Waals surface area contributed by atoms with Crippen molar-refractivity contribution in [1.29, 1.82) is 0 Å². The van der Waals surface area contributed by atoms with Crippen LogP contribution in [0.15, 0.2) is 51.3 Å². The summed E-state index contributed by atoms with van der Waals surface area (Å²) in [5, 5.41) is 1.90. The zero-order chi connectivity index (χ0) is 19.8. The summed E-state index contributed by atoms with van der Waals surface area (Å²) >= 11 is 0.0640. The molecule has 0 aromatic heterocycles. The number of allylic oxidation sites excluding steroid dienone is 4. The van der Waals surface area contributed by atoms with Crippen molar-refractivity contribution in [3.8, 4) is 0 Å². The molecule has 3 nitrogen and oxygen atoms in total. The first-order valence-electron chi connectivity index (χ1n) is 7.95. The van der Waals surface area contributed by atoms with Crippen LogP contribution >= 0.6 is 0 Å². The van der Waals surface area contributed by atoms with Crippen molar-refractivity contribution in [1.82, 2.24) is 0 Å². The summed E-state index contributed by atoms with van der Waals surface area (Å²) in [5.41, 5.74) is -5.65. The largest absolute Gasteiger partial charge is 0.741 e. The van der Waals surface area contributed by atoms with E-state index >= 15 is 0 Å². The third-order valence-electron chi connectivity index (χ3n) is 4.07. The first-order chi connectivity index (χ1) is 11.8. The Balaban J connectivity index is 0.000000260. The van der Waals surface area contributed by atoms with Gasteiger partial charge < -0.3 is 4.55 Å². The van der Waals surface area contributed by atoms with Gasteiger partial charge in [-0.25, -0.2) is 8.42 Å². The molecule has 2 bridgehead atoms. The van der Waals surface area contributed by atoms with Crippen molar-refractivity contribution in [2.24, 2.45) is 11.8 Å². The third-order valence-corrected chi connectivity index (χ3v) is 10.7. The molecule has 0 aliphatic heterocycles. The SMILES string of the molecule is C[Si](C)(C)C1=C([I+]c2ccccc2)[C@@H]2C=C[C@H]1C2.O=S(=O)([O-])C(F)(F)F. The van der Waals surface area contributed by atoms with E-state index in [1.807, 2.05) is 8.78 Å². The fourth-order valence-electron chi connectivity index (χ4n) is 3.11. The van der Waals surface area contributed by atoms with E-state index in [4.69, 9.17) is 13.0 Å². The van der Waals surface area contributed by atoms with Crippen LogP contribution in [0.4, 0.5) is 13.2 Å². The summed E-state index contributed by atoms with van der Waals surface area (Å²) in [6.07, 6.45) is 6.35. The number of rotatable bonds is 3. The van der Waals surface area contributed by atoms with E-state index in [1.165, 1.54) is 6.42 Å². The predicted octanol–water partition coefficient (Wildman–Crippen LogP) is 1.33. The van der Waals surface area contributed by atoms with Crippen molar-refractivity contribution in [3.63, 3.8) is 0 Å². The molecule has 2 aliphatic carbocycles. The van der Waals surface area contributed by atoms with Gasteiger partial charge in [0.25, 0.3) is 0 Å². The van der Waals surface area contributed by atoms with E-state index in [0.717, 1.165) is 11.8 Å². The molecule has 1 aromatic carbocycles. The summed E-state index contributed by atoms with van der Waals surface area (Å²) in [6, 6.07) is 11.1. The molecule has 144 valence electrons.